The first-order chi connectivity index (χ1) is 12.9. The molecule has 0 radical (unpaired) electrons. The summed E-state index contributed by atoms with van der Waals surface area (Å²) < 4.78 is 5.44. The number of carbonyl (C=O) groups excluding carboxylic acids is 1. The summed E-state index contributed by atoms with van der Waals surface area (Å²) in [6.45, 7) is 6.43. The SMILES string of the molecule is COc1ccc2ccccc2c1/C=N/NC(=O)c1ccc(C(C)(C)C)cc1. The second kappa shape index (κ2) is 7.62. The Morgan fingerprint density at radius 2 is 1.70 bits per heavy atom. The molecule has 0 spiro atoms. The van der Waals surface area contributed by atoms with Crippen LogP contribution in [0.2, 0.25) is 0 Å². The van der Waals surface area contributed by atoms with Gasteiger partial charge in [0, 0.05) is 11.1 Å². The van der Waals surface area contributed by atoms with Gasteiger partial charge in [0.1, 0.15) is 5.75 Å². The van der Waals surface area contributed by atoms with E-state index in [2.05, 4.69) is 31.3 Å². The van der Waals surface area contributed by atoms with Crippen molar-refractivity contribution in [1.82, 2.24) is 5.43 Å². The van der Waals surface area contributed by atoms with Crippen molar-refractivity contribution in [3.05, 3.63) is 77.4 Å². The highest BCUT2D eigenvalue weighted by molar-refractivity contribution is 6.03. The average Bonchev–Trinajstić information content (AvgIpc) is 2.67. The van der Waals surface area contributed by atoms with Crippen LogP contribution < -0.4 is 10.2 Å². The van der Waals surface area contributed by atoms with E-state index in [9.17, 15) is 4.79 Å². The first-order valence-electron chi connectivity index (χ1n) is 8.90. The maximum absolute atomic E-state index is 12.4. The highest BCUT2D eigenvalue weighted by Gasteiger charge is 2.14. The monoisotopic (exact) mass is 360 g/mol. The third-order valence-corrected chi connectivity index (χ3v) is 4.52. The van der Waals surface area contributed by atoms with Crippen molar-refractivity contribution < 1.29 is 9.53 Å². The van der Waals surface area contributed by atoms with Gasteiger partial charge in [0.25, 0.3) is 5.91 Å². The molecule has 0 saturated heterocycles. The molecule has 1 amide bonds. The van der Waals surface area contributed by atoms with Crippen LogP contribution in [0.3, 0.4) is 0 Å². The van der Waals surface area contributed by atoms with Gasteiger partial charge in [0.2, 0.25) is 0 Å². The third kappa shape index (κ3) is 4.17. The van der Waals surface area contributed by atoms with E-state index in [0.717, 1.165) is 16.3 Å². The van der Waals surface area contributed by atoms with Gasteiger partial charge >= 0.3 is 0 Å². The fourth-order valence-corrected chi connectivity index (χ4v) is 2.93. The second-order valence-corrected chi connectivity index (χ2v) is 7.43. The maximum atomic E-state index is 12.4. The van der Waals surface area contributed by atoms with Crippen molar-refractivity contribution in [1.29, 1.82) is 0 Å². The van der Waals surface area contributed by atoms with Gasteiger partial charge in [-0.15, -0.1) is 0 Å². The number of hydrogen-bond donors (Lipinski definition) is 1. The summed E-state index contributed by atoms with van der Waals surface area (Å²) >= 11 is 0. The number of amides is 1. The molecular formula is C23H24N2O2. The molecule has 0 aromatic heterocycles. The predicted molar refractivity (Wildman–Crippen MR) is 111 cm³/mol. The smallest absolute Gasteiger partial charge is 0.271 e. The summed E-state index contributed by atoms with van der Waals surface area (Å²) in [4.78, 5) is 12.4. The number of nitrogens with one attached hydrogen (secondary N) is 1. The molecule has 4 heteroatoms. The van der Waals surface area contributed by atoms with Crippen molar-refractivity contribution >= 4 is 22.9 Å². The van der Waals surface area contributed by atoms with Gasteiger partial charge in [-0.05, 0) is 39.9 Å². The van der Waals surface area contributed by atoms with Crippen LogP contribution in [0, 0.1) is 0 Å². The fraction of sp³-hybridized carbons (Fsp3) is 0.217. The Balaban J connectivity index is 1.79. The van der Waals surface area contributed by atoms with Gasteiger partial charge in [0.15, 0.2) is 0 Å². The molecule has 0 atom stereocenters. The topological polar surface area (TPSA) is 50.7 Å². The van der Waals surface area contributed by atoms with Crippen LogP contribution in [0.4, 0.5) is 0 Å². The number of rotatable bonds is 4. The molecule has 0 aliphatic heterocycles. The van der Waals surface area contributed by atoms with Crippen LogP contribution in [0.5, 0.6) is 5.75 Å². The Hall–Kier alpha value is -3.14. The third-order valence-electron chi connectivity index (χ3n) is 4.52. The fourth-order valence-electron chi connectivity index (χ4n) is 2.93. The molecule has 3 aromatic carbocycles. The first kappa shape index (κ1) is 18.6. The summed E-state index contributed by atoms with van der Waals surface area (Å²) in [5.74, 6) is 0.465. The Bertz CT molecular complexity index is 983. The van der Waals surface area contributed by atoms with E-state index in [4.69, 9.17) is 4.74 Å². The number of ether oxygens (including phenoxy) is 1. The molecule has 0 fully saturated rings. The minimum absolute atomic E-state index is 0.0536. The van der Waals surface area contributed by atoms with Crippen LogP contribution in [-0.2, 0) is 5.41 Å². The zero-order valence-electron chi connectivity index (χ0n) is 16.1. The van der Waals surface area contributed by atoms with Crippen molar-refractivity contribution in [2.75, 3.05) is 7.11 Å². The molecule has 0 saturated carbocycles. The van der Waals surface area contributed by atoms with E-state index in [1.807, 2.05) is 60.7 Å². The predicted octanol–water partition coefficient (Wildman–Crippen LogP) is 4.91. The zero-order chi connectivity index (χ0) is 19.4. The minimum atomic E-state index is -0.245. The number of methoxy groups -OCH3 is 1. The van der Waals surface area contributed by atoms with Gasteiger partial charge in [-0.25, -0.2) is 5.43 Å². The van der Waals surface area contributed by atoms with E-state index in [0.29, 0.717) is 11.3 Å². The van der Waals surface area contributed by atoms with Gasteiger partial charge in [-0.2, -0.15) is 5.10 Å². The summed E-state index contributed by atoms with van der Waals surface area (Å²) in [5.41, 5.74) is 5.24. The minimum Gasteiger partial charge on any atom is -0.496 e. The van der Waals surface area contributed by atoms with Crippen molar-refractivity contribution in [3.63, 3.8) is 0 Å². The lowest BCUT2D eigenvalue weighted by Crippen LogP contribution is -2.18. The molecule has 3 rings (SSSR count). The molecule has 27 heavy (non-hydrogen) atoms. The van der Waals surface area contributed by atoms with E-state index in [-0.39, 0.29) is 11.3 Å². The molecule has 1 N–H and O–H groups in total. The highest BCUT2D eigenvalue weighted by atomic mass is 16.5. The van der Waals surface area contributed by atoms with Crippen LogP contribution >= 0.6 is 0 Å². The van der Waals surface area contributed by atoms with E-state index in [1.54, 1.807) is 13.3 Å². The Kier molecular flexibility index (Phi) is 5.26. The van der Waals surface area contributed by atoms with E-state index in [1.165, 1.54) is 5.56 Å². The van der Waals surface area contributed by atoms with Crippen molar-refractivity contribution in [2.24, 2.45) is 5.10 Å². The van der Waals surface area contributed by atoms with Crippen molar-refractivity contribution in [2.45, 2.75) is 26.2 Å². The first-order valence-corrected chi connectivity index (χ1v) is 8.90. The number of hydrazone groups is 1. The number of nitrogens with zero attached hydrogens (tertiary/aromatic N) is 1. The van der Waals surface area contributed by atoms with Gasteiger partial charge < -0.3 is 4.74 Å². The number of carbonyl (C=O) groups is 1. The van der Waals surface area contributed by atoms with Crippen LogP contribution in [-0.4, -0.2) is 19.2 Å². The molecule has 0 aliphatic rings. The van der Waals surface area contributed by atoms with Crippen LogP contribution in [0.1, 0.15) is 42.3 Å². The molecule has 0 bridgehead atoms. The normalized spacial score (nSPS) is 11.7. The summed E-state index contributed by atoms with van der Waals surface area (Å²) in [5, 5.41) is 6.25. The zero-order valence-corrected chi connectivity index (χ0v) is 16.1. The molecule has 138 valence electrons. The molecule has 0 aliphatic carbocycles. The summed E-state index contributed by atoms with van der Waals surface area (Å²) in [7, 11) is 1.62. The van der Waals surface area contributed by atoms with Gasteiger partial charge in [-0.3, -0.25) is 4.79 Å². The number of benzene rings is 3. The highest BCUT2D eigenvalue weighted by Crippen LogP contribution is 2.26. The lowest BCUT2D eigenvalue weighted by Gasteiger charge is -2.18. The van der Waals surface area contributed by atoms with Gasteiger partial charge in [0.05, 0.1) is 13.3 Å². The van der Waals surface area contributed by atoms with E-state index < -0.39 is 0 Å². The summed E-state index contributed by atoms with van der Waals surface area (Å²) in [6, 6.07) is 19.5. The standard InChI is InChI=1S/C23H24N2O2/c1-23(2,3)18-12-9-17(10-13-18)22(26)25-24-15-20-19-8-6-5-7-16(19)11-14-21(20)27-4/h5-15H,1-4H3,(H,25,26)/b24-15+. The Morgan fingerprint density at radius 1 is 1.00 bits per heavy atom. The number of hydrogen-bond acceptors (Lipinski definition) is 3. The second-order valence-electron chi connectivity index (χ2n) is 7.43. The molecule has 3 aromatic rings. The maximum Gasteiger partial charge on any atom is 0.271 e. The lowest BCUT2D eigenvalue weighted by molar-refractivity contribution is 0.0955. The molecule has 0 heterocycles. The van der Waals surface area contributed by atoms with Gasteiger partial charge in [-0.1, -0.05) is 63.2 Å². The van der Waals surface area contributed by atoms with Crippen molar-refractivity contribution in [3.8, 4) is 5.75 Å². The quantitative estimate of drug-likeness (QED) is 0.531. The Labute approximate surface area is 159 Å². The summed E-state index contributed by atoms with van der Waals surface area (Å²) in [6.07, 6.45) is 1.63. The van der Waals surface area contributed by atoms with Crippen LogP contribution in [0.15, 0.2) is 65.8 Å². The van der Waals surface area contributed by atoms with E-state index >= 15 is 0 Å². The molecular weight excluding hydrogens is 336 g/mol. The molecule has 4 nitrogen and oxygen atoms in total. The lowest BCUT2D eigenvalue weighted by atomic mass is 9.87. The van der Waals surface area contributed by atoms with Crippen LogP contribution in [0.25, 0.3) is 10.8 Å². The largest absolute Gasteiger partial charge is 0.496 e. The molecule has 0 unspecified atom stereocenters. The average molecular weight is 360 g/mol. The number of fused-ring (bicyclic) bond motifs is 1. The Morgan fingerprint density at radius 3 is 2.37 bits per heavy atom.